The number of benzene rings is 2. The molecule has 0 aliphatic heterocycles. The van der Waals surface area contributed by atoms with E-state index < -0.39 is 0 Å². The van der Waals surface area contributed by atoms with Gasteiger partial charge in [-0.3, -0.25) is 0 Å². The molecule has 1 heterocycles. The van der Waals surface area contributed by atoms with Crippen molar-refractivity contribution in [3.63, 3.8) is 0 Å². The fourth-order valence-corrected chi connectivity index (χ4v) is 2.69. The quantitative estimate of drug-likeness (QED) is 0.601. The highest BCUT2D eigenvalue weighted by Gasteiger charge is 2.20. The Morgan fingerprint density at radius 1 is 0.905 bits per heavy atom. The monoisotopic (exact) mass is 278 g/mol. The standard InChI is InChI=1S/C19H18O2/c1-19(2,3)15-10-7-11-16-18(15)14(12-17(20)21-16)13-8-5-4-6-9-13/h4-12H,1-3H3. The molecule has 106 valence electrons. The van der Waals surface area contributed by atoms with Crippen molar-refractivity contribution in [2.75, 3.05) is 0 Å². The van der Waals surface area contributed by atoms with E-state index in [0.717, 1.165) is 16.5 Å². The average Bonchev–Trinajstić information content (AvgIpc) is 2.45. The second kappa shape index (κ2) is 4.88. The topological polar surface area (TPSA) is 30.2 Å². The van der Waals surface area contributed by atoms with Gasteiger partial charge in [-0.15, -0.1) is 0 Å². The summed E-state index contributed by atoms with van der Waals surface area (Å²) in [4.78, 5) is 11.9. The van der Waals surface area contributed by atoms with Gasteiger partial charge >= 0.3 is 5.63 Å². The van der Waals surface area contributed by atoms with Gasteiger partial charge in [0, 0.05) is 17.0 Å². The molecule has 0 saturated heterocycles. The Kier molecular flexibility index (Phi) is 3.17. The molecule has 0 unspecified atom stereocenters. The predicted octanol–water partition coefficient (Wildman–Crippen LogP) is 4.76. The summed E-state index contributed by atoms with van der Waals surface area (Å²) in [5, 5.41) is 1.02. The van der Waals surface area contributed by atoms with E-state index in [4.69, 9.17) is 4.42 Å². The predicted molar refractivity (Wildman–Crippen MR) is 86.6 cm³/mol. The molecule has 1 aromatic heterocycles. The van der Waals surface area contributed by atoms with E-state index in [2.05, 4.69) is 26.8 Å². The second-order valence-electron chi connectivity index (χ2n) is 6.27. The first kappa shape index (κ1) is 13.6. The highest BCUT2D eigenvalue weighted by atomic mass is 16.4. The van der Waals surface area contributed by atoms with Gasteiger partial charge in [-0.05, 0) is 22.6 Å². The molecule has 0 aliphatic carbocycles. The third kappa shape index (κ3) is 2.49. The lowest BCUT2D eigenvalue weighted by Gasteiger charge is -2.22. The van der Waals surface area contributed by atoms with Crippen LogP contribution in [-0.4, -0.2) is 0 Å². The van der Waals surface area contributed by atoms with E-state index in [1.165, 1.54) is 5.56 Å². The average molecular weight is 278 g/mol. The van der Waals surface area contributed by atoms with Crippen LogP contribution in [0, 0.1) is 0 Å². The van der Waals surface area contributed by atoms with Crippen LogP contribution in [0.5, 0.6) is 0 Å². The molecule has 0 spiro atoms. The van der Waals surface area contributed by atoms with E-state index >= 15 is 0 Å². The Hall–Kier alpha value is -2.35. The van der Waals surface area contributed by atoms with Crippen molar-refractivity contribution in [1.29, 1.82) is 0 Å². The Labute approximate surface area is 124 Å². The maximum absolute atomic E-state index is 11.9. The Morgan fingerprint density at radius 2 is 1.62 bits per heavy atom. The van der Waals surface area contributed by atoms with Gasteiger partial charge in [-0.2, -0.15) is 0 Å². The van der Waals surface area contributed by atoms with Crippen LogP contribution in [0.4, 0.5) is 0 Å². The summed E-state index contributed by atoms with van der Waals surface area (Å²) >= 11 is 0. The van der Waals surface area contributed by atoms with Crippen molar-refractivity contribution in [1.82, 2.24) is 0 Å². The maximum Gasteiger partial charge on any atom is 0.336 e. The molecule has 2 heteroatoms. The van der Waals surface area contributed by atoms with Crippen molar-refractivity contribution < 1.29 is 4.42 Å². The Balaban J connectivity index is 2.46. The molecule has 0 aliphatic rings. The molecule has 0 saturated carbocycles. The molecule has 2 aromatic carbocycles. The van der Waals surface area contributed by atoms with Gasteiger partial charge in [0.2, 0.25) is 0 Å². The first-order chi connectivity index (χ1) is 9.97. The molecule has 0 atom stereocenters. The van der Waals surface area contributed by atoms with Crippen molar-refractivity contribution >= 4 is 11.0 Å². The highest BCUT2D eigenvalue weighted by molar-refractivity contribution is 5.96. The molecule has 0 fully saturated rings. The molecule has 21 heavy (non-hydrogen) atoms. The molecule has 0 N–H and O–H groups in total. The van der Waals surface area contributed by atoms with Crippen LogP contribution >= 0.6 is 0 Å². The molecule has 2 nitrogen and oxygen atoms in total. The van der Waals surface area contributed by atoms with Gasteiger partial charge < -0.3 is 4.42 Å². The summed E-state index contributed by atoms with van der Waals surface area (Å²) in [6.07, 6.45) is 0. The number of fused-ring (bicyclic) bond motifs is 1. The van der Waals surface area contributed by atoms with Crippen LogP contribution < -0.4 is 5.63 Å². The van der Waals surface area contributed by atoms with E-state index in [1.54, 1.807) is 6.07 Å². The van der Waals surface area contributed by atoms with Crippen molar-refractivity contribution in [3.8, 4) is 11.1 Å². The fraction of sp³-hybridized carbons (Fsp3) is 0.211. The zero-order valence-electron chi connectivity index (χ0n) is 12.5. The zero-order chi connectivity index (χ0) is 15.0. The molecular formula is C19H18O2. The summed E-state index contributed by atoms with van der Waals surface area (Å²) in [7, 11) is 0. The first-order valence-corrected chi connectivity index (χ1v) is 7.09. The molecule has 3 aromatic rings. The van der Waals surface area contributed by atoms with E-state index in [-0.39, 0.29) is 11.0 Å². The molecule has 0 radical (unpaired) electrons. The van der Waals surface area contributed by atoms with Gasteiger partial charge in [0.25, 0.3) is 0 Å². The minimum Gasteiger partial charge on any atom is -0.423 e. The SMILES string of the molecule is CC(C)(C)c1cccc2oc(=O)cc(-c3ccccc3)c12. The number of hydrogen-bond acceptors (Lipinski definition) is 2. The minimum absolute atomic E-state index is 0.0248. The first-order valence-electron chi connectivity index (χ1n) is 7.09. The summed E-state index contributed by atoms with van der Waals surface area (Å²) in [6.45, 7) is 6.50. The van der Waals surface area contributed by atoms with Crippen LogP contribution in [0.25, 0.3) is 22.1 Å². The van der Waals surface area contributed by atoms with Crippen molar-refractivity contribution in [2.45, 2.75) is 26.2 Å². The smallest absolute Gasteiger partial charge is 0.336 e. The fourth-order valence-electron chi connectivity index (χ4n) is 2.69. The number of hydrogen-bond donors (Lipinski definition) is 0. The largest absolute Gasteiger partial charge is 0.423 e. The highest BCUT2D eigenvalue weighted by Crippen LogP contribution is 2.35. The summed E-state index contributed by atoms with van der Waals surface area (Å²) in [6, 6.07) is 17.5. The molecule has 3 rings (SSSR count). The van der Waals surface area contributed by atoms with Gasteiger partial charge in [-0.25, -0.2) is 4.79 Å². The van der Waals surface area contributed by atoms with Crippen LogP contribution in [0.3, 0.4) is 0 Å². The molecule has 0 amide bonds. The lowest BCUT2D eigenvalue weighted by molar-refractivity contribution is 0.556. The van der Waals surface area contributed by atoms with Crippen molar-refractivity contribution in [3.05, 3.63) is 70.6 Å². The second-order valence-corrected chi connectivity index (χ2v) is 6.27. The lowest BCUT2D eigenvalue weighted by Crippen LogP contribution is -2.13. The Bertz CT molecular complexity index is 837. The maximum atomic E-state index is 11.9. The van der Waals surface area contributed by atoms with E-state index in [9.17, 15) is 4.79 Å². The lowest BCUT2D eigenvalue weighted by atomic mass is 9.82. The summed E-state index contributed by atoms with van der Waals surface area (Å²) in [5.41, 5.74) is 3.46. The van der Waals surface area contributed by atoms with Crippen LogP contribution in [0.2, 0.25) is 0 Å². The van der Waals surface area contributed by atoms with E-state index in [0.29, 0.717) is 5.58 Å². The summed E-state index contributed by atoms with van der Waals surface area (Å²) in [5.74, 6) is 0. The number of rotatable bonds is 1. The van der Waals surface area contributed by atoms with Gasteiger partial charge in [0.15, 0.2) is 0 Å². The zero-order valence-corrected chi connectivity index (χ0v) is 12.5. The third-order valence-electron chi connectivity index (χ3n) is 3.66. The third-order valence-corrected chi connectivity index (χ3v) is 3.66. The van der Waals surface area contributed by atoms with Crippen LogP contribution in [-0.2, 0) is 5.41 Å². The summed E-state index contributed by atoms with van der Waals surface area (Å²) < 4.78 is 5.40. The van der Waals surface area contributed by atoms with Crippen LogP contribution in [0.15, 0.2) is 63.8 Å². The molecular weight excluding hydrogens is 260 g/mol. The van der Waals surface area contributed by atoms with E-state index in [1.807, 2.05) is 42.5 Å². The normalized spacial score (nSPS) is 11.8. The molecule has 0 bridgehead atoms. The van der Waals surface area contributed by atoms with Gasteiger partial charge in [0.1, 0.15) is 5.58 Å². The minimum atomic E-state index is -0.313. The van der Waals surface area contributed by atoms with Gasteiger partial charge in [0.05, 0.1) is 0 Å². The van der Waals surface area contributed by atoms with Gasteiger partial charge in [-0.1, -0.05) is 63.2 Å². The van der Waals surface area contributed by atoms with Crippen LogP contribution in [0.1, 0.15) is 26.3 Å². The van der Waals surface area contributed by atoms with Crippen molar-refractivity contribution in [2.24, 2.45) is 0 Å². The Morgan fingerprint density at radius 3 is 2.29 bits per heavy atom.